The summed E-state index contributed by atoms with van der Waals surface area (Å²) in [5.74, 6) is 7.86. The monoisotopic (exact) mass is 430 g/mol. The predicted octanol–water partition coefficient (Wildman–Crippen LogP) is 3.62. The molecule has 1 N–H and O–H groups in total. The van der Waals surface area contributed by atoms with E-state index in [4.69, 9.17) is 9.73 Å². The average Bonchev–Trinajstić information content (AvgIpc) is 3.64. The number of morpholine rings is 1. The fraction of sp³-hybridized carbons (Fsp3) is 0.385. The molecule has 5 rings (SSSR count). The van der Waals surface area contributed by atoms with Crippen LogP contribution in [0, 0.1) is 30.5 Å². The highest BCUT2D eigenvalue weighted by atomic mass is 19.1. The Kier molecular flexibility index (Phi) is 6.02. The van der Waals surface area contributed by atoms with Crippen LogP contribution in [0.2, 0.25) is 0 Å². The van der Waals surface area contributed by atoms with Crippen LogP contribution < -0.4 is 5.32 Å². The van der Waals surface area contributed by atoms with Crippen molar-refractivity contribution in [3.63, 3.8) is 0 Å². The molecule has 0 amide bonds. The Bertz CT molecular complexity index is 1110. The van der Waals surface area contributed by atoms with Crippen LogP contribution in [-0.2, 0) is 4.74 Å². The van der Waals surface area contributed by atoms with Crippen molar-refractivity contribution in [1.82, 2.24) is 15.2 Å². The van der Waals surface area contributed by atoms with E-state index in [2.05, 4.69) is 27.0 Å². The number of amidine groups is 1. The van der Waals surface area contributed by atoms with Gasteiger partial charge in [-0.25, -0.2) is 4.39 Å². The lowest BCUT2D eigenvalue weighted by Gasteiger charge is -2.32. The van der Waals surface area contributed by atoms with Gasteiger partial charge in [0.05, 0.1) is 18.8 Å². The molecule has 1 aliphatic carbocycles. The maximum atomic E-state index is 13.9. The van der Waals surface area contributed by atoms with E-state index in [1.54, 1.807) is 12.3 Å². The average molecular weight is 431 g/mol. The first-order chi connectivity index (χ1) is 15.7. The summed E-state index contributed by atoms with van der Waals surface area (Å²) in [6.07, 6.45) is 4.09. The Morgan fingerprint density at radius 2 is 2.03 bits per heavy atom. The number of aliphatic imine (C=N–C) groups is 1. The molecule has 6 heteroatoms. The normalized spacial score (nSPS) is 21.4. The lowest BCUT2D eigenvalue weighted by Crippen LogP contribution is -2.42. The zero-order valence-corrected chi connectivity index (χ0v) is 18.3. The number of benzene rings is 1. The van der Waals surface area contributed by atoms with Gasteiger partial charge in [-0.2, -0.15) is 0 Å². The summed E-state index contributed by atoms with van der Waals surface area (Å²) >= 11 is 0. The van der Waals surface area contributed by atoms with E-state index in [0.717, 1.165) is 79.6 Å². The molecule has 1 saturated heterocycles. The highest BCUT2D eigenvalue weighted by Crippen LogP contribution is 2.34. The fourth-order valence-electron chi connectivity index (χ4n) is 4.06. The number of hydrogen-bond donors (Lipinski definition) is 1. The zero-order chi connectivity index (χ0) is 21.9. The molecule has 2 fully saturated rings. The second-order valence-corrected chi connectivity index (χ2v) is 8.55. The van der Waals surface area contributed by atoms with E-state index in [9.17, 15) is 4.39 Å². The molecule has 3 aliphatic rings. The van der Waals surface area contributed by atoms with Gasteiger partial charge in [-0.15, -0.1) is 0 Å². The molecule has 5 nitrogen and oxygen atoms in total. The van der Waals surface area contributed by atoms with Crippen molar-refractivity contribution in [3.8, 4) is 11.8 Å². The number of hydrogen-bond acceptors (Lipinski definition) is 5. The maximum absolute atomic E-state index is 13.9. The molecule has 0 radical (unpaired) electrons. The van der Waals surface area contributed by atoms with Gasteiger partial charge in [0.2, 0.25) is 0 Å². The summed E-state index contributed by atoms with van der Waals surface area (Å²) in [5.41, 5.74) is 4.64. The summed E-state index contributed by atoms with van der Waals surface area (Å²) in [6, 6.07) is 10.4. The fourth-order valence-corrected chi connectivity index (χ4v) is 4.06. The van der Waals surface area contributed by atoms with Gasteiger partial charge in [0.25, 0.3) is 0 Å². The van der Waals surface area contributed by atoms with E-state index >= 15 is 0 Å². The molecule has 0 bridgehead atoms. The van der Waals surface area contributed by atoms with E-state index in [-0.39, 0.29) is 11.9 Å². The molecule has 32 heavy (non-hydrogen) atoms. The Labute approximate surface area is 188 Å². The van der Waals surface area contributed by atoms with Gasteiger partial charge in [0.1, 0.15) is 17.6 Å². The standard InChI is InChI=1S/C26H27FN4O/c1-18-16-20(27)8-10-21(18)25-22(9-7-19-5-6-19)24(17-31-12-14-32-15-13-31)29-26(30-25)23-4-2-3-11-28-23/h2-4,8,10-11,16,19,25H,5-6,12-15,17H2,1H3,(H,29,30). The van der Waals surface area contributed by atoms with Gasteiger partial charge in [0, 0.05) is 37.4 Å². The molecule has 164 valence electrons. The molecular formula is C26H27FN4O. The summed E-state index contributed by atoms with van der Waals surface area (Å²) in [4.78, 5) is 11.9. The van der Waals surface area contributed by atoms with Gasteiger partial charge in [-0.3, -0.25) is 14.9 Å². The Morgan fingerprint density at radius 3 is 2.75 bits per heavy atom. The SMILES string of the molecule is Cc1cc(F)ccc1C1N=C(c2ccccn2)NC(CN2CCOCC2)=C1C#CC1CC1. The van der Waals surface area contributed by atoms with Gasteiger partial charge in [-0.1, -0.05) is 24.0 Å². The Balaban J connectivity index is 1.60. The number of halogens is 1. The van der Waals surface area contributed by atoms with Crippen LogP contribution in [0.4, 0.5) is 4.39 Å². The number of nitrogens with one attached hydrogen (secondary N) is 1. The minimum atomic E-state index is -0.295. The minimum absolute atomic E-state index is 0.239. The third kappa shape index (κ3) is 4.74. The first kappa shape index (κ1) is 20.9. The molecule has 2 aromatic rings. The lowest BCUT2D eigenvalue weighted by molar-refractivity contribution is 0.0417. The molecular weight excluding hydrogens is 403 g/mol. The maximum Gasteiger partial charge on any atom is 0.152 e. The molecule has 1 unspecified atom stereocenters. The summed E-state index contributed by atoms with van der Waals surface area (Å²) in [7, 11) is 0. The van der Waals surface area contributed by atoms with Crippen molar-refractivity contribution in [2.24, 2.45) is 10.9 Å². The van der Waals surface area contributed by atoms with Crippen LogP contribution in [0.25, 0.3) is 0 Å². The molecule has 1 aromatic heterocycles. The largest absolute Gasteiger partial charge is 0.379 e. The number of ether oxygens (including phenoxy) is 1. The second-order valence-electron chi connectivity index (χ2n) is 8.55. The van der Waals surface area contributed by atoms with Gasteiger partial charge in [0.15, 0.2) is 5.84 Å². The van der Waals surface area contributed by atoms with Crippen molar-refractivity contribution in [2.75, 3.05) is 32.8 Å². The van der Waals surface area contributed by atoms with Crippen LogP contribution in [-0.4, -0.2) is 48.6 Å². The molecule has 1 atom stereocenters. The van der Waals surface area contributed by atoms with Crippen molar-refractivity contribution in [1.29, 1.82) is 0 Å². The van der Waals surface area contributed by atoms with E-state index in [1.165, 1.54) is 6.07 Å². The van der Waals surface area contributed by atoms with E-state index < -0.39 is 0 Å². The molecule has 0 spiro atoms. The molecule has 2 aliphatic heterocycles. The second kappa shape index (κ2) is 9.23. The van der Waals surface area contributed by atoms with Crippen molar-refractivity contribution < 1.29 is 9.13 Å². The highest BCUT2D eigenvalue weighted by molar-refractivity contribution is 5.99. The van der Waals surface area contributed by atoms with Crippen LogP contribution in [0.5, 0.6) is 0 Å². The number of aryl methyl sites for hydroxylation is 1. The van der Waals surface area contributed by atoms with Gasteiger partial charge < -0.3 is 10.1 Å². The summed E-state index contributed by atoms with van der Waals surface area (Å²) in [5, 5.41) is 3.55. The first-order valence-corrected chi connectivity index (χ1v) is 11.2. The number of nitrogens with zero attached hydrogens (tertiary/aromatic N) is 3. The van der Waals surface area contributed by atoms with E-state index in [0.29, 0.717) is 5.92 Å². The molecule has 1 saturated carbocycles. The number of pyridine rings is 1. The number of aromatic nitrogens is 1. The van der Waals surface area contributed by atoms with Crippen LogP contribution in [0.1, 0.15) is 35.7 Å². The third-order valence-electron chi connectivity index (χ3n) is 6.03. The lowest BCUT2D eigenvalue weighted by atomic mass is 9.92. The van der Waals surface area contributed by atoms with Crippen LogP contribution in [0.3, 0.4) is 0 Å². The topological polar surface area (TPSA) is 49.8 Å². The van der Waals surface area contributed by atoms with Gasteiger partial charge in [-0.05, 0) is 55.2 Å². The Hall–Kier alpha value is -3.01. The number of rotatable bonds is 4. The van der Waals surface area contributed by atoms with Crippen LogP contribution in [0.15, 0.2) is 58.9 Å². The van der Waals surface area contributed by atoms with Crippen molar-refractivity contribution in [2.45, 2.75) is 25.8 Å². The van der Waals surface area contributed by atoms with E-state index in [1.807, 2.05) is 31.2 Å². The summed E-state index contributed by atoms with van der Waals surface area (Å²) in [6.45, 7) is 5.90. The van der Waals surface area contributed by atoms with Gasteiger partial charge >= 0.3 is 0 Å². The van der Waals surface area contributed by atoms with Crippen molar-refractivity contribution >= 4 is 5.84 Å². The first-order valence-electron chi connectivity index (χ1n) is 11.2. The highest BCUT2D eigenvalue weighted by Gasteiger charge is 2.29. The molecule has 1 aromatic carbocycles. The quantitative estimate of drug-likeness (QED) is 0.753. The summed E-state index contributed by atoms with van der Waals surface area (Å²) < 4.78 is 19.4. The van der Waals surface area contributed by atoms with Crippen LogP contribution >= 0.6 is 0 Å². The zero-order valence-electron chi connectivity index (χ0n) is 18.3. The molecule has 3 heterocycles. The minimum Gasteiger partial charge on any atom is -0.379 e. The Morgan fingerprint density at radius 1 is 1.19 bits per heavy atom. The predicted molar refractivity (Wildman–Crippen MR) is 123 cm³/mol. The third-order valence-corrected chi connectivity index (χ3v) is 6.03. The smallest absolute Gasteiger partial charge is 0.152 e. The van der Waals surface area contributed by atoms with Crippen molar-refractivity contribution in [3.05, 3.63) is 76.5 Å².